The van der Waals surface area contributed by atoms with E-state index in [0.717, 1.165) is 16.7 Å². The zero-order chi connectivity index (χ0) is 21.0. The zero-order valence-electron chi connectivity index (χ0n) is 16.3. The lowest BCUT2D eigenvalue weighted by molar-refractivity contribution is -0.182. The molecule has 3 rings (SSSR count). The highest BCUT2D eigenvalue weighted by atomic mass is 19.4. The summed E-state index contributed by atoms with van der Waals surface area (Å²) in [4.78, 5) is 11.8. The highest BCUT2D eigenvalue weighted by Gasteiger charge is 2.42. The average molecular weight is 406 g/mol. The number of carboxylic acids is 1. The van der Waals surface area contributed by atoms with E-state index in [1.54, 1.807) is 24.3 Å². The van der Waals surface area contributed by atoms with Gasteiger partial charge in [-0.15, -0.1) is 0 Å². The Hall–Kier alpha value is -2.34. The summed E-state index contributed by atoms with van der Waals surface area (Å²) in [6.07, 6.45) is -3.08. The van der Waals surface area contributed by atoms with E-state index in [-0.39, 0.29) is 24.3 Å². The molecule has 0 unspecified atom stereocenters. The van der Waals surface area contributed by atoms with Crippen LogP contribution in [-0.2, 0) is 11.3 Å². The Kier molecular flexibility index (Phi) is 6.63. The minimum absolute atomic E-state index is 0.0352. The van der Waals surface area contributed by atoms with Gasteiger partial charge in [-0.25, -0.2) is 4.79 Å². The van der Waals surface area contributed by atoms with Gasteiger partial charge >= 0.3 is 12.1 Å². The van der Waals surface area contributed by atoms with Crippen LogP contribution >= 0.6 is 0 Å². The van der Waals surface area contributed by atoms with Gasteiger partial charge in [-0.1, -0.05) is 36.4 Å². The lowest BCUT2D eigenvalue weighted by Gasteiger charge is -2.32. The van der Waals surface area contributed by atoms with Crippen molar-refractivity contribution in [3.8, 4) is 11.1 Å². The molecule has 1 aliphatic carbocycles. The van der Waals surface area contributed by atoms with Crippen molar-refractivity contribution in [2.75, 3.05) is 6.61 Å². The van der Waals surface area contributed by atoms with Gasteiger partial charge in [0.1, 0.15) is 0 Å². The molecule has 0 bridgehead atoms. The third-order valence-corrected chi connectivity index (χ3v) is 5.70. The molecule has 29 heavy (non-hydrogen) atoms. The van der Waals surface area contributed by atoms with Crippen LogP contribution < -0.4 is 0 Å². The average Bonchev–Trinajstić information content (AvgIpc) is 2.71. The molecule has 1 N–H and O–H groups in total. The Morgan fingerprint density at radius 3 is 2.38 bits per heavy atom. The fraction of sp³-hybridized carbons (Fsp3) is 0.435. The molecule has 0 amide bonds. The first-order valence-corrected chi connectivity index (χ1v) is 9.91. The van der Waals surface area contributed by atoms with Gasteiger partial charge in [0.2, 0.25) is 0 Å². The van der Waals surface area contributed by atoms with E-state index >= 15 is 0 Å². The molecule has 3 nitrogen and oxygen atoms in total. The molecular weight excluding hydrogens is 381 g/mol. The summed E-state index contributed by atoms with van der Waals surface area (Å²) in [6, 6.07) is 12.5. The smallest absolute Gasteiger partial charge is 0.391 e. The first-order chi connectivity index (χ1) is 13.8. The van der Waals surface area contributed by atoms with Crippen molar-refractivity contribution in [3.63, 3.8) is 0 Å². The van der Waals surface area contributed by atoms with Crippen LogP contribution in [0.5, 0.6) is 0 Å². The SMILES string of the molecule is CCOCc1cccc(C2CCC(C(F)(F)F)CC2)c1-c1ccccc1C(=O)O. The monoisotopic (exact) mass is 406 g/mol. The third-order valence-electron chi connectivity index (χ3n) is 5.70. The fourth-order valence-corrected chi connectivity index (χ4v) is 4.24. The van der Waals surface area contributed by atoms with Crippen LogP contribution in [0, 0.1) is 5.92 Å². The van der Waals surface area contributed by atoms with Crippen LogP contribution in [0.2, 0.25) is 0 Å². The number of carboxylic acid groups (broad SMARTS) is 1. The van der Waals surface area contributed by atoms with Crippen LogP contribution in [0.25, 0.3) is 11.1 Å². The minimum atomic E-state index is -4.15. The minimum Gasteiger partial charge on any atom is -0.478 e. The van der Waals surface area contributed by atoms with Crippen LogP contribution in [0.4, 0.5) is 13.2 Å². The Balaban J connectivity index is 2.04. The predicted octanol–water partition coefficient (Wildman–Crippen LogP) is 6.42. The molecular formula is C23H25F3O3. The highest BCUT2D eigenvalue weighted by Crippen LogP contribution is 2.46. The van der Waals surface area contributed by atoms with Crippen molar-refractivity contribution in [1.29, 1.82) is 0 Å². The maximum absolute atomic E-state index is 13.1. The second-order valence-corrected chi connectivity index (χ2v) is 7.46. The molecule has 0 atom stereocenters. The number of benzene rings is 2. The van der Waals surface area contributed by atoms with Gasteiger partial charge in [0.25, 0.3) is 0 Å². The van der Waals surface area contributed by atoms with Crippen molar-refractivity contribution in [3.05, 3.63) is 59.2 Å². The maximum Gasteiger partial charge on any atom is 0.391 e. The summed E-state index contributed by atoms with van der Waals surface area (Å²) in [5.41, 5.74) is 3.33. The number of aromatic carboxylic acids is 1. The number of hydrogen-bond donors (Lipinski definition) is 1. The van der Waals surface area contributed by atoms with Gasteiger partial charge in [0.15, 0.2) is 0 Å². The number of rotatable bonds is 6. The Bertz CT molecular complexity index is 853. The normalized spacial score (nSPS) is 19.9. The Labute approximate surface area is 168 Å². The molecule has 0 aliphatic heterocycles. The highest BCUT2D eigenvalue weighted by molar-refractivity contribution is 5.97. The predicted molar refractivity (Wildman–Crippen MR) is 105 cm³/mol. The van der Waals surface area contributed by atoms with Gasteiger partial charge in [0, 0.05) is 6.61 Å². The number of halogens is 3. The fourth-order valence-electron chi connectivity index (χ4n) is 4.24. The Morgan fingerprint density at radius 2 is 1.76 bits per heavy atom. The van der Waals surface area contributed by atoms with E-state index in [4.69, 9.17) is 4.74 Å². The number of ether oxygens (including phenoxy) is 1. The first-order valence-electron chi connectivity index (χ1n) is 9.91. The van der Waals surface area contributed by atoms with E-state index in [2.05, 4.69) is 0 Å². The van der Waals surface area contributed by atoms with E-state index in [0.29, 0.717) is 31.6 Å². The summed E-state index contributed by atoms with van der Waals surface area (Å²) in [5.74, 6) is -2.31. The van der Waals surface area contributed by atoms with Crippen LogP contribution in [0.3, 0.4) is 0 Å². The molecule has 156 valence electrons. The molecule has 0 aromatic heterocycles. The second-order valence-electron chi connectivity index (χ2n) is 7.46. The van der Waals surface area contributed by atoms with Crippen LogP contribution in [0.15, 0.2) is 42.5 Å². The van der Waals surface area contributed by atoms with E-state index in [1.165, 1.54) is 0 Å². The molecule has 1 saturated carbocycles. The summed E-state index contributed by atoms with van der Waals surface area (Å²) >= 11 is 0. The van der Waals surface area contributed by atoms with Gasteiger partial charge < -0.3 is 9.84 Å². The first kappa shape index (κ1) is 21.4. The molecule has 2 aromatic rings. The number of carbonyl (C=O) groups is 1. The second kappa shape index (κ2) is 8.99. The van der Waals surface area contributed by atoms with E-state index in [1.807, 2.05) is 25.1 Å². The van der Waals surface area contributed by atoms with Gasteiger partial charge in [-0.2, -0.15) is 13.2 Å². The standard InChI is InChI=1S/C23H25F3O3/c1-2-29-14-16-6-5-9-18(15-10-12-17(13-11-15)23(24,25)26)21(16)19-7-3-4-8-20(19)22(27)28/h3-9,15,17H,2,10-14H2,1H3,(H,27,28). The summed E-state index contributed by atoms with van der Waals surface area (Å²) in [5, 5.41) is 9.66. The quantitative estimate of drug-likeness (QED) is 0.602. The van der Waals surface area contributed by atoms with Gasteiger partial charge in [-0.3, -0.25) is 0 Å². The van der Waals surface area contributed by atoms with Crippen LogP contribution in [-0.4, -0.2) is 23.9 Å². The van der Waals surface area contributed by atoms with Crippen LogP contribution in [0.1, 0.15) is 60.0 Å². The lowest BCUT2D eigenvalue weighted by Crippen LogP contribution is -2.27. The molecule has 1 aliphatic rings. The van der Waals surface area contributed by atoms with Crippen molar-refractivity contribution in [2.24, 2.45) is 5.92 Å². The number of hydrogen-bond acceptors (Lipinski definition) is 2. The Morgan fingerprint density at radius 1 is 1.07 bits per heavy atom. The van der Waals surface area contributed by atoms with Crippen molar-refractivity contribution >= 4 is 5.97 Å². The largest absolute Gasteiger partial charge is 0.478 e. The van der Waals surface area contributed by atoms with E-state index < -0.39 is 18.1 Å². The van der Waals surface area contributed by atoms with Gasteiger partial charge in [0.05, 0.1) is 18.1 Å². The molecule has 0 spiro atoms. The van der Waals surface area contributed by atoms with Gasteiger partial charge in [-0.05, 0) is 66.8 Å². The molecule has 0 heterocycles. The molecule has 0 radical (unpaired) electrons. The van der Waals surface area contributed by atoms with Crippen molar-refractivity contribution in [2.45, 2.75) is 51.3 Å². The van der Waals surface area contributed by atoms with E-state index in [9.17, 15) is 23.1 Å². The van der Waals surface area contributed by atoms with Crippen molar-refractivity contribution < 1.29 is 27.8 Å². The summed E-state index contributed by atoms with van der Waals surface area (Å²) in [6.45, 7) is 2.72. The number of alkyl halides is 3. The topological polar surface area (TPSA) is 46.5 Å². The molecule has 2 aromatic carbocycles. The maximum atomic E-state index is 13.1. The molecule has 6 heteroatoms. The van der Waals surface area contributed by atoms with Crippen molar-refractivity contribution in [1.82, 2.24) is 0 Å². The third kappa shape index (κ3) is 4.81. The lowest BCUT2D eigenvalue weighted by atomic mass is 9.75. The molecule has 1 fully saturated rings. The summed E-state index contributed by atoms with van der Waals surface area (Å²) in [7, 11) is 0. The summed E-state index contributed by atoms with van der Waals surface area (Å²) < 4.78 is 44.8. The zero-order valence-corrected chi connectivity index (χ0v) is 16.3. The molecule has 0 saturated heterocycles.